The van der Waals surface area contributed by atoms with Crippen molar-refractivity contribution in [3.63, 3.8) is 0 Å². The lowest BCUT2D eigenvalue weighted by Crippen LogP contribution is -2.59. The molecule has 0 N–H and O–H groups in total. The van der Waals surface area contributed by atoms with Crippen LogP contribution < -0.4 is 0 Å². The van der Waals surface area contributed by atoms with Crippen molar-refractivity contribution in [1.29, 1.82) is 0 Å². The van der Waals surface area contributed by atoms with Gasteiger partial charge >= 0.3 is 6.09 Å². The predicted octanol–water partition coefficient (Wildman–Crippen LogP) is 3.99. The largest absolute Gasteiger partial charge is 0.444 e. The topological polar surface area (TPSA) is 57.2 Å². The molecule has 2 aliphatic heterocycles. The van der Waals surface area contributed by atoms with Gasteiger partial charge in [0.1, 0.15) is 12.1 Å². The maximum atomic E-state index is 15.9. The Morgan fingerprint density at radius 2 is 1.80 bits per heavy atom. The van der Waals surface area contributed by atoms with Crippen LogP contribution in [0.2, 0.25) is 0 Å². The number of carbonyl (C=O) groups is 1. The molecule has 30 heavy (non-hydrogen) atoms. The third-order valence-corrected chi connectivity index (χ3v) is 6.18. The first-order valence-electron chi connectivity index (χ1n) is 10.2. The number of halogens is 1. The van der Waals surface area contributed by atoms with E-state index >= 15 is 4.39 Å². The third kappa shape index (κ3) is 3.27. The molecular formula is C23H24FNO5. The molecule has 2 heterocycles. The highest BCUT2D eigenvalue weighted by atomic mass is 19.1. The van der Waals surface area contributed by atoms with Crippen LogP contribution in [-0.2, 0) is 18.9 Å². The van der Waals surface area contributed by atoms with Crippen LogP contribution in [0.15, 0.2) is 60.7 Å². The SMILES string of the molecule is COC(c1ccccc1)N1C(=O)O[C@H]2C[C@@H]3COC(c4ccccc4)O[C@H]3[C@@H](F)[C@H]21. The minimum absolute atomic E-state index is 0.174. The molecule has 0 aromatic heterocycles. The van der Waals surface area contributed by atoms with E-state index < -0.39 is 43.0 Å². The predicted molar refractivity (Wildman–Crippen MR) is 105 cm³/mol. The van der Waals surface area contributed by atoms with Gasteiger partial charge in [-0.3, -0.25) is 4.90 Å². The van der Waals surface area contributed by atoms with Gasteiger partial charge in [-0.1, -0.05) is 60.7 Å². The lowest BCUT2D eigenvalue weighted by atomic mass is 9.79. The fraction of sp³-hybridized carbons (Fsp3) is 0.435. The number of amides is 1. The van der Waals surface area contributed by atoms with E-state index in [9.17, 15) is 4.79 Å². The van der Waals surface area contributed by atoms with Gasteiger partial charge in [-0.05, 0) is 6.42 Å². The number of hydrogen-bond acceptors (Lipinski definition) is 5. The Balaban J connectivity index is 1.41. The van der Waals surface area contributed by atoms with Crippen molar-refractivity contribution in [2.75, 3.05) is 13.7 Å². The molecule has 2 aromatic carbocycles. The van der Waals surface area contributed by atoms with Crippen molar-refractivity contribution in [2.24, 2.45) is 5.92 Å². The summed E-state index contributed by atoms with van der Waals surface area (Å²) in [6, 6.07) is 18.0. The first-order chi connectivity index (χ1) is 14.7. The number of rotatable bonds is 4. The van der Waals surface area contributed by atoms with Crippen molar-refractivity contribution < 1.29 is 28.1 Å². The molecule has 158 valence electrons. The van der Waals surface area contributed by atoms with Crippen LogP contribution in [0, 0.1) is 5.92 Å². The van der Waals surface area contributed by atoms with Gasteiger partial charge in [-0.25, -0.2) is 9.18 Å². The molecule has 0 bridgehead atoms. The highest BCUT2D eigenvalue weighted by Crippen LogP contribution is 2.45. The Labute approximate surface area is 174 Å². The molecule has 6 nitrogen and oxygen atoms in total. The standard InChI is InChI=1S/C23H24FNO5/c1-27-21(14-8-4-2-5-9-14)25-19-17(29-23(25)26)12-16-13-28-22(30-20(16)18(19)24)15-10-6-3-7-11-15/h2-11,16-22H,12-13H2,1H3/t16-,17+,18+,19+,20-,21?,22?/m1/s1. The summed E-state index contributed by atoms with van der Waals surface area (Å²) in [5, 5.41) is 0. The fourth-order valence-electron chi connectivity index (χ4n) is 4.80. The Morgan fingerprint density at radius 3 is 2.50 bits per heavy atom. The summed E-state index contributed by atoms with van der Waals surface area (Å²) in [6.07, 6.45) is -4.09. The van der Waals surface area contributed by atoms with E-state index in [-0.39, 0.29) is 5.92 Å². The second-order valence-corrected chi connectivity index (χ2v) is 7.94. The lowest BCUT2D eigenvalue weighted by Gasteiger charge is -2.46. The van der Waals surface area contributed by atoms with Gasteiger partial charge in [0.25, 0.3) is 0 Å². The van der Waals surface area contributed by atoms with Gasteiger partial charge < -0.3 is 18.9 Å². The summed E-state index contributed by atoms with van der Waals surface area (Å²) < 4.78 is 39.0. The van der Waals surface area contributed by atoms with Gasteiger partial charge in [-0.15, -0.1) is 0 Å². The van der Waals surface area contributed by atoms with Crippen molar-refractivity contribution in [2.45, 2.75) is 43.4 Å². The zero-order chi connectivity index (χ0) is 20.7. The van der Waals surface area contributed by atoms with Crippen molar-refractivity contribution in [3.05, 3.63) is 71.8 Å². The quantitative estimate of drug-likeness (QED) is 0.759. The van der Waals surface area contributed by atoms with Crippen LogP contribution in [0.3, 0.4) is 0 Å². The van der Waals surface area contributed by atoms with Gasteiger partial charge in [0.05, 0.1) is 12.7 Å². The van der Waals surface area contributed by atoms with Crippen LogP contribution in [0.5, 0.6) is 0 Å². The normalized spacial score (nSPS) is 34.1. The molecule has 7 heteroatoms. The Hall–Kier alpha value is -2.48. The Morgan fingerprint density at radius 1 is 1.10 bits per heavy atom. The third-order valence-electron chi connectivity index (χ3n) is 6.18. The van der Waals surface area contributed by atoms with Crippen LogP contribution >= 0.6 is 0 Å². The number of benzene rings is 2. The van der Waals surface area contributed by atoms with Gasteiger partial charge in [0.2, 0.25) is 0 Å². The first-order valence-corrected chi connectivity index (χ1v) is 10.2. The van der Waals surface area contributed by atoms with E-state index in [0.29, 0.717) is 13.0 Å². The van der Waals surface area contributed by atoms with Crippen molar-refractivity contribution in [3.8, 4) is 0 Å². The van der Waals surface area contributed by atoms with Crippen molar-refractivity contribution in [1.82, 2.24) is 4.90 Å². The molecule has 3 fully saturated rings. The van der Waals surface area contributed by atoms with Crippen molar-refractivity contribution >= 4 is 6.09 Å². The molecule has 2 aromatic rings. The Bertz CT molecular complexity index is 882. The number of nitrogens with zero attached hydrogens (tertiary/aromatic N) is 1. The number of fused-ring (bicyclic) bond motifs is 2. The van der Waals surface area contributed by atoms with E-state index in [4.69, 9.17) is 18.9 Å². The van der Waals surface area contributed by atoms with E-state index in [1.165, 1.54) is 12.0 Å². The fourth-order valence-corrected chi connectivity index (χ4v) is 4.80. The summed E-state index contributed by atoms with van der Waals surface area (Å²) in [7, 11) is 1.51. The molecule has 7 atom stereocenters. The Kier molecular flexibility index (Phi) is 5.18. The molecule has 1 saturated carbocycles. The van der Waals surface area contributed by atoms with E-state index in [2.05, 4.69) is 0 Å². The molecule has 0 radical (unpaired) electrons. The lowest BCUT2D eigenvalue weighted by molar-refractivity contribution is -0.273. The zero-order valence-electron chi connectivity index (χ0n) is 16.6. The molecular weight excluding hydrogens is 389 g/mol. The van der Waals surface area contributed by atoms with Crippen LogP contribution in [0.1, 0.15) is 30.1 Å². The number of hydrogen-bond donors (Lipinski definition) is 0. The van der Waals surface area contributed by atoms with E-state index in [1.54, 1.807) is 0 Å². The molecule has 3 aliphatic rings. The highest BCUT2D eigenvalue weighted by Gasteiger charge is 2.58. The highest BCUT2D eigenvalue weighted by molar-refractivity contribution is 5.71. The smallest absolute Gasteiger partial charge is 0.412 e. The van der Waals surface area contributed by atoms with Crippen LogP contribution in [-0.4, -0.2) is 49.1 Å². The summed E-state index contributed by atoms with van der Waals surface area (Å²) in [5.74, 6) is -0.174. The maximum absolute atomic E-state index is 15.9. The first kappa shape index (κ1) is 19.5. The average molecular weight is 413 g/mol. The molecule has 2 saturated heterocycles. The number of alkyl halides is 1. The second-order valence-electron chi connectivity index (χ2n) is 7.94. The van der Waals surface area contributed by atoms with Gasteiger partial charge in [0.15, 0.2) is 18.7 Å². The molecule has 1 aliphatic carbocycles. The summed E-state index contributed by atoms with van der Waals surface area (Å²) >= 11 is 0. The number of methoxy groups -OCH3 is 1. The number of carbonyl (C=O) groups excluding carboxylic acids is 1. The molecule has 0 spiro atoms. The minimum Gasteiger partial charge on any atom is -0.444 e. The monoisotopic (exact) mass is 413 g/mol. The van der Waals surface area contributed by atoms with Crippen LogP contribution in [0.4, 0.5) is 9.18 Å². The molecule has 1 amide bonds. The van der Waals surface area contributed by atoms with E-state index in [0.717, 1.165) is 11.1 Å². The maximum Gasteiger partial charge on any atom is 0.412 e. The second kappa shape index (κ2) is 7.98. The van der Waals surface area contributed by atoms with E-state index in [1.807, 2.05) is 60.7 Å². The van der Waals surface area contributed by atoms with Crippen LogP contribution in [0.25, 0.3) is 0 Å². The summed E-state index contributed by atoms with van der Waals surface area (Å²) in [4.78, 5) is 14.1. The molecule has 2 unspecified atom stereocenters. The minimum atomic E-state index is -1.42. The summed E-state index contributed by atoms with van der Waals surface area (Å²) in [5.41, 5.74) is 1.61. The average Bonchev–Trinajstić information content (AvgIpc) is 3.11. The number of ether oxygens (including phenoxy) is 4. The van der Waals surface area contributed by atoms with Gasteiger partial charge in [0, 0.05) is 24.2 Å². The summed E-state index contributed by atoms with van der Waals surface area (Å²) in [6.45, 7) is 0.359. The van der Waals surface area contributed by atoms with Gasteiger partial charge in [-0.2, -0.15) is 0 Å². The molecule has 5 rings (SSSR count). The zero-order valence-corrected chi connectivity index (χ0v) is 16.6.